The molecule has 0 saturated heterocycles. The number of aromatic nitrogens is 2. The van der Waals surface area contributed by atoms with Gasteiger partial charge in [0.15, 0.2) is 0 Å². The van der Waals surface area contributed by atoms with E-state index in [9.17, 15) is 14.4 Å². The number of fused-ring (bicyclic) bond motifs is 1. The number of H-pyrrole nitrogens is 1. The van der Waals surface area contributed by atoms with Gasteiger partial charge in [0.25, 0.3) is 0 Å². The van der Waals surface area contributed by atoms with Crippen molar-refractivity contribution < 1.29 is 28.6 Å². The fourth-order valence-corrected chi connectivity index (χ4v) is 4.53. The van der Waals surface area contributed by atoms with Gasteiger partial charge >= 0.3 is 18.2 Å². The second kappa shape index (κ2) is 11.6. The number of carbonyl (C=O) groups is 3. The Morgan fingerprint density at radius 1 is 1.05 bits per heavy atom. The number of nitrogens with zero attached hydrogens (tertiary/aromatic N) is 1. The van der Waals surface area contributed by atoms with Crippen LogP contribution in [0, 0.1) is 0 Å². The monoisotopic (exact) mass is 534 g/mol. The highest BCUT2D eigenvalue weighted by Crippen LogP contribution is 2.28. The van der Waals surface area contributed by atoms with E-state index in [0.717, 1.165) is 22.3 Å². The first-order valence-corrected chi connectivity index (χ1v) is 12.8. The summed E-state index contributed by atoms with van der Waals surface area (Å²) in [7, 11) is 1.30. The van der Waals surface area contributed by atoms with Crippen LogP contribution in [0.25, 0.3) is 11.3 Å². The third-order valence-corrected chi connectivity index (χ3v) is 6.17. The van der Waals surface area contributed by atoms with Crippen LogP contribution in [0.1, 0.15) is 56.3 Å². The molecule has 3 N–H and O–H groups in total. The van der Waals surface area contributed by atoms with Gasteiger partial charge in [-0.2, -0.15) is 0 Å². The van der Waals surface area contributed by atoms with Gasteiger partial charge in [-0.15, -0.1) is 0 Å². The van der Waals surface area contributed by atoms with E-state index < -0.39 is 23.8 Å². The van der Waals surface area contributed by atoms with Gasteiger partial charge in [-0.25, -0.2) is 14.6 Å². The molecule has 2 unspecified atom stereocenters. The number of anilines is 1. The molecule has 1 aliphatic carbocycles. The smallest absolute Gasteiger partial charge is 0.411 e. The molecule has 39 heavy (non-hydrogen) atoms. The van der Waals surface area contributed by atoms with E-state index in [1.54, 1.807) is 18.3 Å². The van der Waals surface area contributed by atoms with Crippen molar-refractivity contribution in [2.24, 2.45) is 0 Å². The van der Waals surface area contributed by atoms with Crippen molar-refractivity contribution in [1.82, 2.24) is 15.3 Å². The molecule has 0 saturated carbocycles. The summed E-state index contributed by atoms with van der Waals surface area (Å²) in [5.41, 5.74) is 4.76. The zero-order valence-electron chi connectivity index (χ0n) is 22.8. The van der Waals surface area contributed by atoms with Crippen LogP contribution in [-0.2, 0) is 38.3 Å². The normalized spacial score (nSPS) is 15.2. The summed E-state index contributed by atoms with van der Waals surface area (Å²) < 4.78 is 15.5. The quantitative estimate of drug-likeness (QED) is 0.284. The number of rotatable bonds is 7. The molecule has 1 heterocycles. The summed E-state index contributed by atoms with van der Waals surface area (Å²) in [6, 6.07) is 12.9. The molecule has 0 fully saturated rings. The number of hydrogen-bond donors (Lipinski definition) is 3. The summed E-state index contributed by atoms with van der Waals surface area (Å²) in [5, 5.41) is 5.57. The fraction of sp³-hybridized carbons (Fsp3) is 0.379. The SMILES string of the molecule is COC(=O)Nc1ccc(-c2c[nH]c(C(Cc3ccc4c(c3)CC(OC(C)=O)C4)NC(=O)OC(C)(C)C)n2)cc1. The maximum Gasteiger partial charge on any atom is 0.411 e. The Morgan fingerprint density at radius 2 is 1.77 bits per heavy atom. The molecule has 0 radical (unpaired) electrons. The summed E-state index contributed by atoms with van der Waals surface area (Å²) in [6.45, 7) is 6.86. The number of benzene rings is 2. The van der Waals surface area contributed by atoms with Crippen LogP contribution in [0.3, 0.4) is 0 Å². The Kier molecular flexibility index (Phi) is 8.23. The van der Waals surface area contributed by atoms with Crippen molar-refractivity contribution in [3.8, 4) is 11.3 Å². The molecule has 0 bridgehead atoms. The second-order valence-electron chi connectivity index (χ2n) is 10.5. The molecule has 206 valence electrons. The third kappa shape index (κ3) is 7.59. The van der Waals surface area contributed by atoms with Gasteiger partial charge in [-0.1, -0.05) is 30.3 Å². The number of ether oxygens (including phenoxy) is 3. The number of hydrogen-bond acceptors (Lipinski definition) is 7. The molecular weight excluding hydrogens is 500 g/mol. The van der Waals surface area contributed by atoms with Gasteiger partial charge in [-0.05, 0) is 49.6 Å². The molecular formula is C29H34N4O6. The summed E-state index contributed by atoms with van der Waals surface area (Å²) in [5.74, 6) is 0.295. The Balaban J connectivity index is 1.54. The van der Waals surface area contributed by atoms with Crippen LogP contribution in [0.4, 0.5) is 15.3 Å². The van der Waals surface area contributed by atoms with Crippen molar-refractivity contribution in [1.29, 1.82) is 0 Å². The first-order valence-electron chi connectivity index (χ1n) is 12.8. The van der Waals surface area contributed by atoms with Crippen molar-refractivity contribution in [2.75, 3.05) is 12.4 Å². The number of nitrogens with one attached hydrogen (secondary N) is 3. The first-order chi connectivity index (χ1) is 18.5. The van der Waals surface area contributed by atoms with Crippen LogP contribution in [0.15, 0.2) is 48.7 Å². The fourth-order valence-electron chi connectivity index (χ4n) is 4.53. The van der Waals surface area contributed by atoms with Crippen LogP contribution in [0.5, 0.6) is 0 Å². The molecule has 10 nitrogen and oxygen atoms in total. The second-order valence-corrected chi connectivity index (χ2v) is 10.5. The lowest BCUT2D eigenvalue weighted by Gasteiger charge is -2.23. The Labute approximate surface area is 227 Å². The predicted molar refractivity (Wildman–Crippen MR) is 145 cm³/mol. The van der Waals surface area contributed by atoms with Gasteiger partial charge in [0, 0.05) is 43.6 Å². The maximum atomic E-state index is 12.7. The lowest BCUT2D eigenvalue weighted by atomic mass is 10.0. The number of alkyl carbamates (subject to hydrolysis) is 1. The molecule has 2 atom stereocenters. The number of esters is 1. The zero-order chi connectivity index (χ0) is 28.2. The summed E-state index contributed by atoms with van der Waals surface area (Å²) >= 11 is 0. The number of carbonyl (C=O) groups excluding carboxylic acids is 3. The van der Waals surface area contributed by atoms with E-state index in [1.165, 1.54) is 14.0 Å². The number of aromatic amines is 1. The molecule has 2 amide bonds. The van der Waals surface area contributed by atoms with Gasteiger partial charge in [0.2, 0.25) is 0 Å². The summed E-state index contributed by atoms with van der Waals surface area (Å²) in [4.78, 5) is 43.5. The molecule has 0 aliphatic heterocycles. The molecule has 1 aliphatic rings. The number of amides is 2. The minimum Gasteiger partial charge on any atom is -0.462 e. The standard InChI is InChI=1S/C29H34N4O6/c1-17(34)38-23-14-20-7-6-18(12-21(20)15-23)13-24(33-28(36)39-29(2,3)4)26-30-16-25(32-26)19-8-10-22(11-9-19)31-27(35)37-5/h6-12,16,23-24H,13-15H2,1-5H3,(H,30,32)(H,31,35)(H,33,36). The minimum absolute atomic E-state index is 0.148. The third-order valence-electron chi connectivity index (χ3n) is 6.17. The van der Waals surface area contributed by atoms with E-state index in [4.69, 9.17) is 14.5 Å². The topological polar surface area (TPSA) is 132 Å². The lowest BCUT2D eigenvalue weighted by molar-refractivity contribution is -0.145. The minimum atomic E-state index is -0.651. The molecule has 1 aromatic heterocycles. The van der Waals surface area contributed by atoms with Crippen LogP contribution < -0.4 is 10.6 Å². The van der Waals surface area contributed by atoms with Crippen LogP contribution >= 0.6 is 0 Å². The molecule has 3 aromatic rings. The van der Waals surface area contributed by atoms with E-state index in [0.29, 0.717) is 36.5 Å². The van der Waals surface area contributed by atoms with Gasteiger partial charge < -0.3 is 24.5 Å². The van der Waals surface area contributed by atoms with Crippen molar-refractivity contribution in [3.63, 3.8) is 0 Å². The molecule has 2 aromatic carbocycles. The van der Waals surface area contributed by atoms with Crippen molar-refractivity contribution in [2.45, 2.75) is 64.7 Å². The first kappa shape index (κ1) is 27.7. The van der Waals surface area contributed by atoms with E-state index in [-0.39, 0.29) is 12.1 Å². The van der Waals surface area contributed by atoms with E-state index in [2.05, 4.69) is 32.5 Å². The van der Waals surface area contributed by atoms with Crippen molar-refractivity contribution >= 4 is 23.8 Å². The van der Waals surface area contributed by atoms with Gasteiger partial charge in [0.05, 0.1) is 18.8 Å². The van der Waals surface area contributed by atoms with E-state index >= 15 is 0 Å². The largest absolute Gasteiger partial charge is 0.462 e. The molecule has 10 heteroatoms. The number of methoxy groups -OCH3 is 1. The highest BCUT2D eigenvalue weighted by Gasteiger charge is 2.26. The van der Waals surface area contributed by atoms with Crippen LogP contribution in [0.2, 0.25) is 0 Å². The molecule has 4 rings (SSSR count). The Morgan fingerprint density at radius 3 is 2.44 bits per heavy atom. The number of imidazole rings is 1. The van der Waals surface area contributed by atoms with Gasteiger partial charge in [-0.3, -0.25) is 10.1 Å². The highest BCUT2D eigenvalue weighted by molar-refractivity contribution is 5.84. The van der Waals surface area contributed by atoms with E-state index in [1.807, 2.05) is 39.0 Å². The van der Waals surface area contributed by atoms with Crippen LogP contribution in [-0.4, -0.2) is 46.9 Å². The summed E-state index contributed by atoms with van der Waals surface area (Å²) in [6.07, 6.45) is 2.37. The average Bonchev–Trinajstić information content (AvgIpc) is 3.49. The lowest BCUT2D eigenvalue weighted by Crippen LogP contribution is -2.36. The highest BCUT2D eigenvalue weighted by atomic mass is 16.6. The Bertz CT molecular complexity index is 1340. The Hall–Kier alpha value is -4.34. The van der Waals surface area contributed by atoms with Gasteiger partial charge in [0.1, 0.15) is 17.5 Å². The average molecular weight is 535 g/mol. The zero-order valence-corrected chi connectivity index (χ0v) is 22.8. The maximum absolute atomic E-state index is 12.7. The molecule has 0 spiro atoms. The predicted octanol–water partition coefficient (Wildman–Crippen LogP) is 5.09. The van der Waals surface area contributed by atoms with Crippen molar-refractivity contribution in [3.05, 3.63) is 71.2 Å².